The van der Waals surface area contributed by atoms with Gasteiger partial charge in [-0.25, -0.2) is 0 Å². The molecule has 0 aromatic carbocycles. The maximum Gasteiger partial charge on any atom is 0.0136 e. The van der Waals surface area contributed by atoms with Crippen LogP contribution in [-0.2, 0) is 0 Å². The number of rotatable bonds is 3. The average molecular weight is 210 g/mol. The van der Waals surface area contributed by atoms with E-state index in [1.807, 2.05) is 0 Å². The zero-order valence-corrected chi connectivity index (χ0v) is 10.1. The topological polar surface area (TPSA) is 29.3 Å². The van der Waals surface area contributed by atoms with Crippen LogP contribution in [0, 0.1) is 11.8 Å². The molecule has 88 valence electrons. The van der Waals surface area contributed by atoms with E-state index in [4.69, 9.17) is 5.73 Å². The van der Waals surface area contributed by atoms with Crippen molar-refractivity contribution in [2.24, 2.45) is 17.6 Å². The molecule has 2 fully saturated rings. The number of hydrogen-bond donors (Lipinski definition) is 1. The van der Waals surface area contributed by atoms with Crippen molar-refractivity contribution in [2.45, 2.75) is 51.5 Å². The van der Waals surface area contributed by atoms with Crippen molar-refractivity contribution < 1.29 is 0 Å². The molecule has 0 amide bonds. The monoisotopic (exact) mass is 210 g/mol. The Kier molecular flexibility index (Phi) is 4.04. The second-order valence-electron chi connectivity index (χ2n) is 5.38. The molecule has 2 aliphatic rings. The molecule has 2 heteroatoms. The zero-order valence-electron chi connectivity index (χ0n) is 10.1. The van der Waals surface area contributed by atoms with E-state index in [9.17, 15) is 0 Å². The fraction of sp³-hybridized carbons (Fsp3) is 1.00. The van der Waals surface area contributed by atoms with Gasteiger partial charge in [0.2, 0.25) is 0 Å². The van der Waals surface area contributed by atoms with Gasteiger partial charge in [0.05, 0.1) is 0 Å². The van der Waals surface area contributed by atoms with Gasteiger partial charge < -0.3 is 10.6 Å². The molecule has 2 N–H and O–H groups in total. The predicted octanol–water partition coefficient (Wildman–Crippen LogP) is 2.24. The van der Waals surface area contributed by atoms with Gasteiger partial charge in [0.15, 0.2) is 0 Å². The van der Waals surface area contributed by atoms with Crippen LogP contribution in [0.5, 0.6) is 0 Å². The van der Waals surface area contributed by atoms with Crippen LogP contribution >= 0.6 is 0 Å². The number of nitrogens with zero attached hydrogens (tertiary/aromatic N) is 1. The normalized spacial score (nSPS) is 38.4. The predicted molar refractivity (Wildman–Crippen MR) is 64.8 cm³/mol. The third-order valence-electron chi connectivity index (χ3n) is 4.61. The minimum atomic E-state index is 0.808. The minimum absolute atomic E-state index is 0.808. The molecule has 0 aromatic heterocycles. The van der Waals surface area contributed by atoms with Crippen LogP contribution in [-0.4, -0.2) is 30.6 Å². The Morgan fingerprint density at radius 1 is 1.13 bits per heavy atom. The van der Waals surface area contributed by atoms with Gasteiger partial charge in [-0.05, 0) is 63.6 Å². The van der Waals surface area contributed by atoms with Crippen LogP contribution in [0.1, 0.15) is 45.4 Å². The van der Waals surface area contributed by atoms with E-state index < -0.39 is 0 Å². The lowest BCUT2D eigenvalue weighted by molar-refractivity contribution is 0.0687. The van der Waals surface area contributed by atoms with E-state index in [2.05, 4.69) is 11.8 Å². The fourth-order valence-electron chi connectivity index (χ4n) is 3.23. The van der Waals surface area contributed by atoms with Gasteiger partial charge in [0.1, 0.15) is 0 Å². The van der Waals surface area contributed by atoms with E-state index in [1.54, 1.807) is 0 Å². The molecule has 15 heavy (non-hydrogen) atoms. The standard InChI is InChI=1S/C13H26N2/c1-2-11-4-3-8-15(9-7-11)13-6-5-12(13)10-14/h11-13H,2-10,14H2,1H3. The molecule has 1 heterocycles. The maximum atomic E-state index is 5.80. The average Bonchev–Trinajstić information content (AvgIpc) is 2.42. The molecule has 0 aromatic rings. The van der Waals surface area contributed by atoms with Crippen molar-refractivity contribution >= 4 is 0 Å². The Balaban J connectivity index is 1.83. The van der Waals surface area contributed by atoms with Gasteiger partial charge >= 0.3 is 0 Å². The first-order valence-electron chi connectivity index (χ1n) is 6.79. The molecule has 0 spiro atoms. The van der Waals surface area contributed by atoms with Crippen LogP contribution in [0.15, 0.2) is 0 Å². The van der Waals surface area contributed by atoms with Crippen molar-refractivity contribution in [1.82, 2.24) is 4.90 Å². The summed E-state index contributed by atoms with van der Waals surface area (Å²) in [7, 11) is 0. The number of likely N-dealkylation sites (tertiary alicyclic amines) is 1. The minimum Gasteiger partial charge on any atom is -0.330 e. The first-order chi connectivity index (χ1) is 7.35. The first kappa shape index (κ1) is 11.4. The van der Waals surface area contributed by atoms with Crippen molar-refractivity contribution in [2.75, 3.05) is 19.6 Å². The summed E-state index contributed by atoms with van der Waals surface area (Å²) in [5.74, 6) is 1.80. The maximum absolute atomic E-state index is 5.80. The third kappa shape index (κ3) is 2.54. The quantitative estimate of drug-likeness (QED) is 0.774. The van der Waals surface area contributed by atoms with Gasteiger partial charge in [-0.1, -0.05) is 13.3 Å². The van der Waals surface area contributed by atoms with E-state index in [0.717, 1.165) is 24.4 Å². The number of nitrogens with two attached hydrogens (primary N) is 1. The first-order valence-corrected chi connectivity index (χ1v) is 6.79. The summed E-state index contributed by atoms with van der Waals surface area (Å²) in [5.41, 5.74) is 5.80. The van der Waals surface area contributed by atoms with E-state index in [-0.39, 0.29) is 0 Å². The second-order valence-corrected chi connectivity index (χ2v) is 5.38. The van der Waals surface area contributed by atoms with Gasteiger partial charge in [-0.2, -0.15) is 0 Å². The Labute approximate surface area is 94.2 Å². The van der Waals surface area contributed by atoms with Crippen molar-refractivity contribution in [3.63, 3.8) is 0 Å². The summed E-state index contributed by atoms with van der Waals surface area (Å²) in [6.45, 7) is 5.90. The van der Waals surface area contributed by atoms with Crippen molar-refractivity contribution in [3.8, 4) is 0 Å². The summed E-state index contributed by atoms with van der Waals surface area (Å²) in [6, 6.07) is 0.839. The molecule has 1 saturated heterocycles. The summed E-state index contributed by atoms with van der Waals surface area (Å²) < 4.78 is 0. The smallest absolute Gasteiger partial charge is 0.0136 e. The Morgan fingerprint density at radius 3 is 2.60 bits per heavy atom. The van der Waals surface area contributed by atoms with E-state index in [1.165, 1.54) is 51.6 Å². The molecule has 1 aliphatic carbocycles. The van der Waals surface area contributed by atoms with Gasteiger partial charge in [0, 0.05) is 6.04 Å². The van der Waals surface area contributed by atoms with Crippen molar-refractivity contribution in [3.05, 3.63) is 0 Å². The fourth-order valence-corrected chi connectivity index (χ4v) is 3.23. The Morgan fingerprint density at radius 2 is 2.00 bits per heavy atom. The van der Waals surface area contributed by atoms with Crippen molar-refractivity contribution in [1.29, 1.82) is 0 Å². The van der Waals surface area contributed by atoms with E-state index in [0.29, 0.717) is 0 Å². The van der Waals surface area contributed by atoms with Crippen LogP contribution < -0.4 is 5.73 Å². The molecule has 2 rings (SSSR count). The van der Waals surface area contributed by atoms with Crippen LogP contribution in [0.4, 0.5) is 0 Å². The summed E-state index contributed by atoms with van der Waals surface area (Å²) >= 11 is 0. The van der Waals surface area contributed by atoms with Crippen LogP contribution in [0.25, 0.3) is 0 Å². The molecular weight excluding hydrogens is 184 g/mol. The lowest BCUT2D eigenvalue weighted by atomic mass is 9.78. The second kappa shape index (κ2) is 5.31. The van der Waals surface area contributed by atoms with Crippen LogP contribution in [0.3, 0.4) is 0 Å². The lowest BCUT2D eigenvalue weighted by Gasteiger charge is -2.43. The molecule has 1 aliphatic heterocycles. The molecule has 1 saturated carbocycles. The van der Waals surface area contributed by atoms with Gasteiger partial charge in [-0.3, -0.25) is 0 Å². The van der Waals surface area contributed by atoms with Gasteiger partial charge in [0.25, 0.3) is 0 Å². The highest BCUT2D eigenvalue weighted by Crippen LogP contribution is 2.33. The summed E-state index contributed by atoms with van der Waals surface area (Å²) in [4.78, 5) is 2.73. The SMILES string of the molecule is CCC1CCCN(C2CCC2CN)CC1. The highest BCUT2D eigenvalue weighted by atomic mass is 15.2. The third-order valence-corrected chi connectivity index (χ3v) is 4.61. The molecule has 2 nitrogen and oxygen atoms in total. The molecule has 0 bridgehead atoms. The Hall–Kier alpha value is -0.0800. The highest BCUT2D eigenvalue weighted by molar-refractivity contribution is 4.90. The van der Waals surface area contributed by atoms with Crippen LogP contribution in [0.2, 0.25) is 0 Å². The molecule has 0 radical (unpaired) electrons. The molecule has 3 unspecified atom stereocenters. The highest BCUT2D eigenvalue weighted by Gasteiger charge is 2.34. The molecule has 3 atom stereocenters. The molecular formula is C13H26N2. The van der Waals surface area contributed by atoms with E-state index >= 15 is 0 Å². The zero-order chi connectivity index (χ0) is 10.7. The largest absolute Gasteiger partial charge is 0.330 e. The Bertz CT molecular complexity index is 191. The lowest BCUT2D eigenvalue weighted by Crippen LogP contribution is -2.50. The summed E-state index contributed by atoms with van der Waals surface area (Å²) in [6.07, 6.45) is 8.43. The number of hydrogen-bond acceptors (Lipinski definition) is 2. The van der Waals surface area contributed by atoms with Gasteiger partial charge in [-0.15, -0.1) is 0 Å². The summed E-state index contributed by atoms with van der Waals surface area (Å²) in [5, 5.41) is 0.